The van der Waals surface area contributed by atoms with Crippen molar-refractivity contribution in [1.82, 2.24) is 0 Å². The molecule has 0 spiro atoms. The minimum absolute atomic E-state index is 0.0857. The molecule has 0 aliphatic rings. The number of carbonyl (C=O) groups excluding carboxylic acids is 2. The molecule has 0 aliphatic carbocycles. The highest BCUT2D eigenvalue weighted by Gasteiger charge is 2.17. The second kappa shape index (κ2) is 53.7. The van der Waals surface area contributed by atoms with E-state index in [2.05, 4.69) is 45.1 Å². The molecule has 0 aromatic heterocycles. The van der Waals surface area contributed by atoms with Gasteiger partial charge in [0.05, 0.1) is 6.61 Å². The van der Waals surface area contributed by atoms with Gasteiger partial charge in [-0.05, 0) is 51.4 Å². The molecule has 0 saturated heterocycles. The minimum atomic E-state index is -0.533. The summed E-state index contributed by atoms with van der Waals surface area (Å²) in [5.41, 5.74) is 0. The largest absolute Gasteiger partial charge is 0.462 e. The van der Waals surface area contributed by atoms with Crippen LogP contribution >= 0.6 is 0 Å². The molecule has 5 nitrogen and oxygen atoms in total. The molecule has 0 aliphatic heterocycles. The molecule has 0 saturated carbocycles. The number of hydrogen-bond donors (Lipinski definition) is 0. The monoisotopic (exact) mass is 873 g/mol. The van der Waals surface area contributed by atoms with Gasteiger partial charge in [-0.15, -0.1) is 0 Å². The fourth-order valence-electron chi connectivity index (χ4n) is 8.31. The molecule has 0 fully saturated rings. The summed E-state index contributed by atoms with van der Waals surface area (Å²) >= 11 is 0. The average Bonchev–Trinajstić information content (AvgIpc) is 3.27. The Morgan fingerprint density at radius 2 is 0.677 bits per heavy atom. The summed E-state index contributed by atoms with van der Waals surface area (Å²) in [6.07, 6.45) is 63.4. The predicted octanol–water partition coefficient (Wildman–Crippen LogP) is 18.8. The third-order valence-corrected chi connectivity index (χ3v) is 12.5. The molecule has 0 radical (unpaired) electrons. The smallest absolute Gasteiger partial charge is 0.306 e. The average molecular weight is 873 g/mol. The van der Waals surface area contributed by atoms with E-state index in [4.69, 9.17) is 14.2 Å². The normalized spacial score (nSPS) is 12.2. The van der Waals surface area contributed by atoms with Crippen LogP contribution in [-0.4, -0.2) is 37.9 Å². The van der Waals surface area contributed by atoms with Crippen molar-refractivity contribution >= 4 is 11.9 Å². The molecular weight excluding hydrogens is 765 g/mol. The molecule has 1 atom stereocenters. The van der Waals surface area contributed by atoms with Crippen LogP contribution in [0.2, 0.25) is 0 Å². The van der Waals surface area contributed by atoms with E-state index in [9.17, 15) is 9.59 Å². The van der Waals surface area contributed by atoms with Gasteiger partial charge in [-0.2, -0.15) is 0 Å². The van der Waals surface area contributed by atoms with E-state index in [1.807, 2.05) is 0 Å². The Balaban J connectivity index is 4.16. The Bertz CT molecular complexity index is 943. The summed E-state index contributed by atoms with van der Waals surface area (Å²) in [4.78, 5) is 25.4. The van der Waals surface area contributed by atoms with Gasteiger partial charge in [-0.25, -0.2) is 0 Å². The lowest BCUT2D eigenvalue weighted by atomic mass is 10.0. The Hall–Kier alpha value is -1.62. The summed E-state index contributed by atoms with van der Waals surface area (Å²) in [5.74, 6) is -0.394. The van der Waals surface area contributed by atoms with Crippen LogP contribution in [0.25, 0.3) is 0 Å². The molecule has 0 aromatic carbocycles. The van der Waals surface area contributed by atoms with Gasteiger partial charge in [0, 0.05) is 19.4 Å². The Labute approximate surface area is 387 Å². The minimum Gasteiger partial charge on any atom is -0.462 e. The maximum Gasteiger partial charge on any atom is 0.306 e. The molecule has 0 aromatic rings. The second-order valence-electron chi connectivity index (χ2n) is 18.9. The molecule has 5 heteroatoms. The van der Waals surface area contributed by atoms with E-state index >= 15 is 0 Å². The SMILES string of the molecule is CCCCC/C=C\C/C=C\CCCCCCCC(=O)OCC(COCCCCCCCCCCCCCCCCCCCCCC)OC(=O)CCCCCCCCCCCCC. The van der Waals surface area contributed by atoms with Gasteiger partial charge in [0.2, 0.25) is 0 Å². The van der Waals surface area contributed by atoms with Gasteiger partial charge in [0.25, 0.3) is 0 Å². The number of ether oxygens (including phenoxy) is 3. The lowest BCUT2D eigenvalue weighted by Gasteiger charge is -2.18. The highest BCUT2D eigenvalue weighted by molar-refractivity contribution is 5.70. The maximum absolute atomic E-state index is 12.8. The van der Waals surface area contributed by atoms with Crippen molar-refractivity contribution in [2.45, 2.75) is 309 Å². The van der Waals surface area contributed by atoms with Crippen molar-refractivity contribution in [2.75, 3.05) is 19.8 Å². The zero-order valence-corrected chi connectivity index (χ0v) is 42.2. The fraction of sp³-hybridized carbons (Fsp3) is 0.895. The molecular formula is C57H108O5. The van der Waals surface area contributed by atoms with Gasteiger partial charge >= 0.3 is 11.9 Å². The van der Waals surface area contributed by atoms with Crippen molar-refractivity contribution < 1.29 is 23.8 Å². The lowest BCUT2D eigenvalue weighted by Crippen LogP contribution is -2.30. The van der Waals surface area contributed by atoms with Gasteiger partial charge in [0.15, 0.2) is 6.10 Å². The Morgan fingerprint density at radius 1 is 0.355 bits per heavy atom. The standard InChI is InChI=1S/C57H108O5/c1-4-7-10-13-16-19-22-24-26-27-28-29-30-32-34-37-40-43-46-49-52-60-53-55(62-57(59)51-48-45-42-39-35-21-18-15-12-9-6-3)54-61-56(58)50-47-44-41-38-36-33-31-25-23-20-17-14-11-8-5-2/h17,20,25,31,55H,4-16,18-19,21-24,26-30,32-54H2,1-3H3/b20-17-,31-25-. The van der Waals surface area contributed by atoms with E-state index in [0.29, 0.717) is 26.1 Å². The van der Waals surface area contributed by atoms with Gasteiger partial charge in [-0.3, -0.25) is 9.59 Å². The molecule has 0 heterocycles. The molecule has 366 valence electrons. The Kier molecular flexibility index (Phi) is 52.3. The highest BCUT2D eigenvalue weighted by atomic mass is 16.6. The van der Waals surface area contributed by atoms with E-state index in [0.717, 1.165) is 51.4 Å². The molecule has 0 amide bonds. The fourth-order valence-corrected chi connectivity index (χ4v) is 8.31. The molecule has 0 N–H and O–H groups in total. The summed E-state index contributed by atoms with van der Waals surface area (Å²) in [6.45, 7) is 7.85. The van der Waals surface area contributed by atoms with Crippen LogP contribution in [0.1, 0.15) is 303 Å². The number of rotatable bonds is 52. The number of carbonyl (C=O) groups is 2. The van der Waals surface area contributed by atoms with E-state index in [1.165, 1.54) is 218 Å². The van der Waals surface area contributed by atoms with Crippen molar-refractivity contribution in [3.8, 4) is 0 Å². The number of esters is 2. The zero-order valence-electron chi connectivity index (χ0n) is 42.2. The van der Waals surface area contributed by atoms with Crippen LogP contribution < -0.4 is 0 Å². The van der Waals surface area contributed by atoms with Gasteiger partial charge < -0.3 is 14.2 Å². The molecule has 0 bridgehead atoms. The van der Waals surface area contributed by atoms with Gasteiger partial charge in [0.1, 0.15) is 6.61 Å². The van der Waals surface area contributed by atoms with E-state index in [-0.39, 0.29) is 18.5 Å². The third-order valence-electron chi connectivity index (χ3n) is 12.5. The molecule has 0 rings (SSSR count). The first-order valence-corrected chi connectivity index (χ1v) is 27.9. The molecule has 62 heavy (non-hydrogen) atoms. The topological polar surface area (TPSA) is 61.8 Å². The summed E-state index contributed by atoms with van der Waals surface area (Å²) < 4.78 is 17.4. The van der Waals surface area contributed by atoms with Crippen molar-refractivity contribution in [2.24, 2.45) is 0 Å². The zero-order chi connectivity index (χ0) is 44.9. The van der Waals surface area contributed by atoms with Crippen molar-refractivity contribution in [1.29, 1.82) is 0 Å². The van der Waals surface area contributed by atoms with Crippen LogP contribution in [0.5, 0.6) is 0 Å². The second-order valence-corrected chi connectivity index (χ2v) is 18.9. The number of hydrogen-bond acceptors (Lipinski definition) is 5. The van der Waals surface area contributed by atoms with Crippen LogP contribution in [-0.2, 0) is 23.8 Å². The van der Waals surface area contributed by atoms with E-state index in [1.54, 1.807) is 0 Å². The third kappa shape index (κ3) is 51.0. The first-order chi connectivity index (χ1) is 30.6. The predicted molar refractivity (Wildman–Crippen MR) is 270 cm³/mol. The molecule has 1 unspecified atom stereocenters. The first-order valence-electron chi connectivity index (χ1n) is 27.9. The van der Waals surface area contributed by atoms with E-state index < -0.39 is 6.10 Å². The Morgan fingerprint density at radius 3 is 1.10 bits per heavy atom. The van der Waals surface area contributed by atoms with Gasteiger partial charge in [-0.1, -0.05) is 263 Å². The van der Waals surface area contributed by atoms with Crippen LogP contribution in [0.4, 0.5) is 0 Å². The van der Waals surface area contributed by atoms with Crippen molar-refractivity contribution in [3.05, 3.63) is 24.3 Å². The van der Waals surface area contributed by atoms with Crippen LogP contribution in [0, 0.1) is 0 Å². The maximum atomic E-state index is 12.8. The number of unbranched alkanes of at least 4 members (excludes halogenated alkanes) is 37. The summed E-state index contributed by atoms with van der Waals surface area (Å²) in [6, 6.07) is 0. The first kappa shape index (κ1) is 60.4. The highest BCUT2D eigenvalue weighted by Crippen LogP contribution is 2.16. The van der Waals surface area contributed by atoms with Crippen LogP contribution in [0.15, 0.2) is 24.3 Å². The van der Waals surface area contributed by atoms with Crippen LogP contribution in [0.3, 0.4) is 0 Å². The quantitative estimate of drug-likeness (QED) is 0.0346. The lowest BCUT2D eigenvalue weighted by molar-refractivity contribution is -0.163. The number of allylic oxidation sites excluding steroid dienone is 4. The summed E-state index contributed by atoms with van der Waals surface area (Å²) in [7, 11) is 0. The summed E-state index contributed by atoms with van der Waals surface area (Å²) in [5, 5.41) is 0. The van der Waals surface area contributed by atoms with Crippen molar-refractivity contribution in [3.63, 3.8) is 0 Å².